The Hall–Kier alpha value is -1.02. The van der Waals surface area contributed by atoms with Crippen molar-refractivity contribution in [2.75, 3.05) is 0 Å². The van der Waals surface area contributed by atoms with Crippen molar-refractivity contribution in [3.63, 3.8) is 0 Å². The molecule has 0 bridgehead atoms. The van der Waals surface area contributed by atoms with Crippen LogP contribution in [0.1, 0.15) is 30.9 Å². The highest BCUT2D eigenvalue weighted by Crippen LogP contribution is 2.35. The minimum atomic E-state index is -0.940. The van der Waals surface area contributed by atoms with Crippen LogP contribution >= 0.6 is 23.2 Å². The van der Waals surface area contributed by atoms with E-state index in [1.165, 1.54) is 0 Å². The molecule has 0 radical (unpaired) electrons. The molecule has 0 spiro atoms. The first-order valence-electron chi connectivity index (χ1n) is 6.77. The minimum absolute atomic E-state index is 0.420. The Bertz CT molecular complexity index is 548. The van der Waals surface area contributed by atoms with Gasteiger partial charge in [-0.2, -0.15) is 0 Å². The molecule has 1 N–H and O–H groups in total. The zero-order valence-corrected chi connectivity index (χ0v) is 13.0. The van der Waals surface area contributed by atoms with E-state index in [-0.39, 0.29) is 0 Å². The number of halogens is 2. The zero-order valence-electron chi connectivity index (χ0n) is 11.4. The van der Waals surface area contributed by atoms with Crippen molar-refractivity contribution in [2.45, 2.75) is 31.8 Å². The van der Waals surface area contributed by atoms with Gasteiger partial charge < -0.3 is 5.11 Å². The van der Waals surface area contributed by atoms with Gasteiger partial charge >= 0.3 is 0 Å². The second-order valence-corrected chi connectivity index (χ2v) is 5.84. The highest BCUT2D eigenvalue weighted by molar-refractivity contribution is 6.36. The third kappa shape index (κ3) is 3.35. The van der Waals surface area contributed by atoms with Gasteiger partial charge in [-0.25, -0.2) is 0 Å². The lowest BCUT2D eigenvalue weighted by molar-refractivity contribution is 0.0269. The maximum atomic E-state index is 11.1. The summed E-state index contributed by atoms with van der Waals surface area (Å²) in [5, 5.41) is 12.3. The summed E-state index contributed by atoms with van der Waals surface area (Å²) in [6, 6.07) is 15.1. The molecule has 1 atom stereocenters. The van der Waals surface area contributed by atoms with Gasteiger partial charge in [0.2, 0.25) is 0 Å². The van der Waals surface area contributed by atoms with Crippen LogP contribution in [0, 0.1) is 0 Å². The lowest BCUT2D eigenvalue weighted by Crippen LogP contribution is -2.28. The Morgan fingerprint density at radius 1 is 0.950 bits per heavy atom. The quantitative estimate of drug-likeness (QED) is 0.802. The first-order valence-corrected chi connectivity index (χ1v) is 7.53. The molecule has 0 saturated carbocycles. The van der Waals surface area contributed by atoms with Crippen LogP contribution in [-0.4, -0.2) is 5.11 Å². The van der Waals surface area contributed by atoms with Gasteiger partial charge in [0.05, 0.1) is 5.60 Å². The summed E-state index contributed by atoms with van der Waals surface area (Å²) in [6.07, 6.45) is 1.97. The van der Waals surface area contributed by atoms with Gasteiger partial charge in [0.15, 0.2) is 0 Å². The van der Waals surface area contributed by atoms with Gasteiger partial charge in [0.25, 0.3) is 0 Å². The molecule has 0 fully saturated rings. The highest BCUT2D eigenvalue weighted by Gasteiger charge is 2.30. The summed E-state index contributed by atoms with van der Waals surface area (Å²) < 4.78 is 0. The van der Waals surface area contributed by atoms with Crippen LogP contribution < -0.4 is 0 Å². The lowest BCUT2D eigenvalue weighted by Gasteiger charge is -2.29. The second-order valence-electron chi connectivity index (χ2n) is 5.02. The molecule has 0 aliphatic rings. The molecule has 1 unspecified atom stereocenters. The second kappa shape index (κ2) is 6.62. The van der Waals surface area contributed by atoms with Crippen molar-refractivity contribution in [1.29, 1.82) is 0 Å². The van der Waals surface area contributed by atoms with E-state index < -0.39 is 5.60 Å². The van der Waals surface area contributed by atoms with Crippen molar-refractivity contribution in [3.8, 4) is 0 Å². The average molecular weight is 309 g/mol. The van der Waals surface area contributed by atoms with Gasteiger partial charge in [0, 0.05) is 16.5 Å². The van der Waals surface area contributed by atoms with E-state index in [9.17, 15) is 5.11 Å². The summed E-state index contributed by atoms with van der Waals surface area (Å²) in [7, 11) is 0. The predicted octanol–water partition coefficient (Wildman–Crippen LogP) is 5.22. The molecule has 0 amide bonds. The smallest absolute Gasteiger partial charge is 0.0937 e. The summed E-state index contributed by atoms with van der Waals surface area (Å²) in [5.74, 6) is 0. The molecule has 20 heavy (non-hydrogen) atoms. The van der Waals surface area contributed by atoms with E-state index in [2.05, 4.69) is 6.92 Å². The molecule has 2 aromatic rings. The number of hydrogen-bond acceptors (Lipinski definition) is 1. The molecule has 2 rings (SSSR count). The van der Waals surface area contributed by atoms with Crippen LogP contribution in [0.25, 0.3) is 0 Å². The Morgan fingerprint density at radius 3 is 2.10 bits per heavy atom. The number of hydrogen-bond donors (Lipinski definition) is 1. The van der Waals surface area contributed by atoms with Crippen molar-refractivity contribution in [1.82, 2.24) is 0 Å². The fourth-order valence-corrected chi connectivity index (χ4v) is 3.02. The summed E-state index contributed by atoms with van der Waals surface area (Å²) >= 11 is 12.5. The van der Waals surface area contributed by atoms with Crippen LogP contribution in [0.3, 0.4) is 0 Å². The largest absolute Gasteiger partial charge is 0.385 e. The van der Waals surface area contributed by atoms with E-state index in [1.54, 1.807) is 12.1 Å². The number of aliphatic hydroxyl groups is 1. The Labute approximate surface area is 130 Å². The van der Waals surface area contributed by atoms with Gasteiger partial charge in [-0.1, -0.05) is 72.9 Å². The summed E-state index contributed by atoms with van der Waals surface area (Å²) in [5.41, 5.74) is 0.762. The van der Waals surface area contributed by atoms with Gasteiger partial charge in [-0.05, 0) is 29.7 Å². The van der Waals surface area contributed by atoms with E-state index in [0.717, 1.165) is 17.5 Å². The summed E-state index contributed by atoms with van der Waals surface area (Å²) in [4.78, 5) is 0. The fourth-order valence-electron chi connectivity index (χ4n) is 2.49. The maximum absolute atomic E-state index is 11.1. The lowest BCUT2D eigenvalue weighted by atomic mass is 9.83. The Morgan fingerprint density at radius 2 is 1.55 bits per heavy atom. The fraction of sp³-hybridized carbons (Fsp3) is 0.294. The highest BCUT2D eigenvalue weighted by atomic mass is 35.5. The van der Waals surface area contributed by atoms with Crippen molar-refractivity contribution in [2.24, 2.45) is 0 Å². The van der Waals surface area contributed by atoms with Gasteiger partial charge in [-0.3, -0.25) is 0 Å². The zero-order chi connectivity index (χ0) is 14.6. The molecule has 2 aromatic carbocycles. The first-order chi connectivity index (χ1) is 9.57. The van der Waals surface area contributed by atoms with E-state index >= 15 is 0 Å². The molecule has 0 saturated heterocycles. The van der Waals surface area contributed by atoms with Crippen LogP contribution in [0.15, 0.2) is 48.5 Å². The molecule has 0 aromatic heterocycles. The van der Waals surface area contributed by atoms with Crippen molar-refractivity contribution < 1.29 is 5.11 Å². The maximum Gasteiger partial charge on any atom is 0.0937 e. The molecule has 3 heteroatoms. The molecule has 1 nitrogen and oxygen atoms in total. The predicted molar refractivity (Wildman–Crippen MR) is 85.4 cm³/mol. The minimum Gasteiger partial charge on any atom is -0.385 e. The van der Waals surface area contributed by atoms with Gasteiger partial charge in [-0.15, -0.1) is 0 Å². The monoisotopic (exact) mass is 308 g/mol. The summed E-state index contributed by atoms with van der Waals surface area (Å²) in [6.45, 7) is 2.06. The molecular formula is C17H18Cl2O. The molecular weight excluding hydrogens is 291 g/mol. The topological polar surface area (TPSA) is 20.2 Å². The molecule has 106 valence electrons. The average Bonchev–Trinajstić information content (AvgIpc) is 2.44. The van der Waals surface area contributed by atoms with Crippen LogP contribution in [-0.2, 0) is 12.0 Å². The molecule has 0 aliphatic heterocycles. The van der Waals surface area contributed by atoms with Crippen molar-refractivity contribution >= 4 is 23.2 Å². The third-order valence-corrected chi connectivity index (χ3v) is 4.21. The Balaban J connectivity index is 2.40. The van der Waals surface area contributed by atoms with E-state index in [4.69, 9.17) is 23.2 Å². The normalized spacial score (nSPS) is 14.0. The number of rotatable bonds is 5. The van der Waals surface area contributed by atoms with Crippen molar-refractivity contribution in [3.05, 3.63) is 69.7 Å². The SMILES string of the molecule is CCCC(O)(Cc1c(Cl)cccc1Cl)c1ccccc1. The molecule has 0 heterocycles. The van der Waals surface area contributed by atoms with E-state index in [1.807, 2.05) is 36.4 Å². The molecule has 0 aliphatic carbocycles. The van der Waals surface area contributed by atoms with Crippen LogP contribution in [0.4, 0.5) is 0 Å². The third-order valence-electron chi connectivity index (χ3n) is 3.51. The van der Waals surface area contributed by atoms with Crippen LogP contribution in [0.5, 0.6) is 0 Å². The number of benzene rings is 2. The van der Waals surface area contributed by atoms with Crippen LogP contribution in [0.2, 0.25) is 10.0 Å². The van der Waals surface area contributed by atoms with E-state index in [0.29, 0.717) is 22.9 Å². The first kappa shape index (κ1) is 15.4. The Kier molecular flexibility index (Phi) is 5.09. The van der Waals surface area contributed by atoms with Gasteiger partial charge in [0.1, 0.15) is 0 Å². The standard InChI is InChI=1S/C17H18Cl2O/c1-2-11-17(20,13-7-4-3-5-8-13)12-14-15(18)9-6-10-16(14)19/h3-10,20H,2,11-12H2,1H3.